The highest BCUT2D eigenvalue weighted by Gasteiger charge is 2.08. The van der Waals surface area contributed by atoms with Crippen molar-refractivity contribution in [3.8, 4) is 0 Å². The molecule has 2 rings (SSSR count). The first-order chi connectivity index (χ1) is 8.79. The van der Waals surface area contributed by atoms with Gasteiger partial charge in [-0.1, -0.05) is 6.92 Å². The number of nitrogens with zero attached hydrogens (tertiary/aromatic N) is 6. The summed E-state index contributed by atoms with van der Waals surface area (Å²) in [7, 11) is 0. The fourth-order valence-electron chi connectivity index (χ4n) is 1.71. The van der Waals surface area contributed by atoms with Crippen LogP contribution in [0.2, 0.25) is 0 Å². The van der Waals surface area contributed by atoms with Crippen molar-refractivity contribution >= 4 is 0 Å². The number of hydrogen-bond donors (Lipinski definition) is 1. The first-order valence-electron chi connectivity index (χ1n) is 6.16. The molecule has 0 aliphatic rings. The highest BCUT2D eigenvalue weighted by molar-refractivity contribution is 4.85. The Balaban J connectivity index is 1.83. The molecule has 0 saturated carbocycles. The van der Waals surface area contributed by atoms with Crippen molar-refractivity contribution in [2.24, 2.45) is 0 Å². The predicted octanol–water partition coefficient (Wildman–Crippen LogP) is 0.273. The molecule has 7 heteroatoms. The van der Waals surface area contributed by atoms with Crippen LogP contribution in [0.5, 0.6) is 0 Å². The van der Waals surface area contributed by atoms with E-state index < -0.39 is 0 Å². The quantitative estimate of drug-likeness (QED) is 0.763. The zero-order valence-electron chi connectivity index (χ0n) is 10.5. The molecule has 2 aromatic heterocycles. The molecule has 1 N–H and O–H groups in total. The summed E-state index contributed by atoms with van der Waals surface area (Å²) in [6.07, 6.45) is 6.86. The Labute approximate surface area is 105 Å². The Morgan fingerprint density at radius 3 is 2.94 bits per heavy atom. The van der Waals surface area contributed by atoms with Gasteiger partial charge < -0.3 is 5.11 Å². The maximum atomic E-state index is 9.62. The summed E-state index contributed by atoms with van der Waals surface area (Å²) in [6.45, 7) is 3.27. The molecule has 18 heavy (non-hydrogen) atoms. The van der Waals surface area contributed by atoms with Gasteiger partial charge in [-0.2, -0.15) is 10.2 Å². The second kappa shape index (κ2) is 6.25. The number of aliphatic hydroxyl groups excluding tert-OH is 1. The van der Waals surface area contributed by atoms with Crippen LogP contribution < -0.4 is 0 Å². The molecule has 0 radical (unpaired) electrons. The Morgan fingerprint density at radius 1 is 1.33 bits per heavy atom. The molecule has 1 unspecified atom stereocenters. The van der Waals surface area contributed by atoms with Crippen molar-refractivity contribution in [2.45, 2.75) is 45.4 Å². The average molecular weight is 250 g/mol. The molecule has 1 atom stereocenters. The van der Waals surface area contributed by atoms with Crippen LogP contribution in [0.25, 0.3) is 0 Å². The maximum absolute atomic E-state index is 9.62. The molecule has 0 fully saturated rings. The van der Waals surface area contributed by atoms with Crippen LogP contribution in [0.15, 0.2) is 19.0 Å². The minimum atomic E-state index is -0.360. The van der Waals surface area contributed by atoms with Crippen LogP contribution in [-0.4, -0.2) is 40.7 Å². The van der Waals surface area contributed by atoms with Gasteiger partial charge in [-0.3, -0.25) is 4.68 Å². The largest absolute Gasteiger partial charge is 0.391 e. The van der Waals surface area contributed by atoms with E-state index in [1.54, 1.807) is 15.7 Å². The lowest BCUT2D eigenvalue weighted by Gasteiger charge is -2.10. The normalized spacial score (nSPS) is 12.8. The zero-order chi connectivity index (χ0) is 12.8. The van der Waals surface area contributed by atoms with Crippen molar-refractivity contribution in [1.82, 2.24) is 29.5 Å². The third-order valence-corrected chi connectivity index (χ3v) is 2.80. The Hall–Kier alpha value is -1.76. The van der Waals surface area contributed by atoms with Gasteiger partial charge in [-0.15, -0.1) is 0 Å². The van der Waals surface area contributed by atoms with E-state index in [9.17, 15) is 5.11 Å². The third kappa shape index (κ3) is 3.36. The van der Waals surface area contributed by atoms with Crippen molar-refractivity contribution < 1.29 is 5.11 Å². The smallest absolute Gasteiger partial charge is 0.138 e. The minimum absolute atomic E-state index is 0.360. The van der Waals surface area contributed by atoms with Gasteiger partial charge >= 0.3 is 0 Å². The average Bonchev–Trinajstić information content (AvgIpc) is 3.01. The van der Waals surface area contributed by atoms with E-state index in [4.69, 9.17) is 0 Å². The zero-order valence-corrected chi connectivity index (χ0v) is 10.5. The SMILES string of the molecule is CCC(O)Cn1ncnc1CCCn1cncn1. The van der Waals surface area contributed by atoms with E-state index in [-0.39, 0.29) is 6.10 Å². The van der Waals surface area contributed by atoms with E-state index in [0.29, 0.717) is 6.54 Å². The number of rotatable bonds is 7. The molecule has 7 nitrogen and oxygen atoms in total. The molecule has 2 heterocycles. The molecular formula is C11H18N6O. The van der Waals surface area contributed by atoms with Crippen molar-refractivity contribution in [1.29, 1.82) is 0 Å². The van der Waals surface area contributed by atoms with Crippen LogP contribution in [-0.2, 0) is 19.5 Å². The monoisotopic (exact) mass is 250 g/mol. The summed E-state index contributed by atoms with van der Waals surface area (Å²) in [6, 6.07) is 0. The minimum Gasteiger partial charge on any atom is -0.391 e. The van der Waals surface area contributed by atoms with E-state index in [1.165, 1.54) is 12.7 Å². The van der Waals surface area contributed by atoms with Crippen molar-refractivity contribution in [3.05, 3.63) is 24.8 Å². The Bertz CT molecular complexity index is 452. The molecule has 0 aromatic carbocycles. The lowest BCUT2D eigenvalue weighted by atomic mass is 10.2. The molecule has 0 amide bonds. The summed E-state index contributed by atoms with van der Waals surface area (Å²) in [4.78, 5) is 8.11. The molecule has 0 aliphatic carbocycles. The fourth-order valence-corrected chi connectivity index (χ4v) is 1.71. The molecular weight excluding hydrogens is 232 g/mol. The molecule has 0 bridgehead atoms. The first kappa shape index (κ1) is 12.7. The van der Waals surface area contributed by atoms with Gasteiger partial charge in [0.15, 0.2) is 0 Å². The van der Waals surface area contributed by atoms with Crippen molar-refractivity contribution in [3.63, 3.8) is 0 Å². The van der Waals surface area contributed by atoms with Crippen LogP contribution in [0, 0.1) is 0 Å². The first-order valence-corrected chi connectivity index (χ1v) is 6.16. The fraction of sp³-hybridized carbons (Fsp3) is 0.636. The van der Waals surface area contributed by atoms with Gasteiger partial charge in [0.05, 0.1) is 12.6 Å². The van der Waals surface area contributed by atoms with Crippen molar-refractivity contribution in [2.75, 3.05) is 0 Å². The second-order valence-electron chi connectivity index (χ2n) is 4.18. The maximum Gasteiger partial charge on any atom is 0.138 e. The van der Waals surface area contributed by atoms with E-state index in [0.717, 1.165) is 31.6 Å². The van der Waals surface area contributed by atoms with Crippen LogP contribution in [0.1, 0.15) is 25.6 Å². The molecule has 0 spiro atoms. The van der Waals surface area contributed by atoms with Gasteiger partial charge in [-0.05, 0) is 12.8 Å². The molecule has 2 aromatic rings. The van der Waals surface area contributed by atoms with Gasteiger partial charge in [0.2, 0.25) is 0 Å². The van der Waals surface area contributed by atoms with Gasteiger partial charge in [0.1, 0.15) is 24.8 Å². The number of aromatic nitrogens is 6. The van der Waals surface area contributed by atoms with Crippen LogP contribution in [0.3, 0.4) is 0 Å². The Kier molecular flexibility index (Phi) is 4.40. The highest BCUT2D eigenvalue weighted by atomic mass is 16.3. The number of aliphatic hydroxyl groups is 1. The summed E-state index contributed by atoms with van der Waals surface area (Å²) in [5.74, 6) is 0.905. The van der Waals surface area contributed by atoms with Gasteiger partial charge in [-0.25, -0.2) is 14.6 Å². The highest BCUT2D eigenvalue weighted by Crippen LogP contribution is 2.03. The van der Waals surface area contributed by atoms with E-state index in [1.807, 2.05) is 6.92 Å². The lowest BCUT2D eigenvalue weighted by molar-refractivity contribution is 0.143. The lowest BCUT2D eigenvalue weighted by Crippen LogP contribution is -2.18. The summed E-state index contributed by atoms with van der Waals surface area (Å²) in [5, 5.41) is 17.8. The Morgan fingerprint density at radius 2 is 2.22 bits per heavy atom. The van der Waals surface area contributed by atoms with Gasteiger partial charge in [0.25, 0.3) is 0 Å². The molecule has 0 saturated heterocycles. The summed E-state index contributed by atoms with van der Waals surface area (Å²) >= 11 is 0. The number of hydrogen-bond acceptors (Lipinski definition) is 5. The van der Waals surface area contributed by atoms with E-state index in [2.05, 4.69) is 20.2 Å². The van der Waals surface area contributed by atoms with Gasteiger partial charge in [0, 0.05) is 13.0 Å². The molecule has 0 aliphatic heterocycles. The second-order valence-corrected chi connectivity index (χ2v) is 4.18. The van der Waals surface area contributed by atoms with E-state index >= 15 is 0 Å². The van der Waals surface area contributed by atoms with Crippen LogP contribution in [0.4, 0.5) is 0 Å². The summed E-state index contributed by atoms with van der Waals surface area (Å²) in [5.41, 5.74) is 0. The topological polar surface area (TPSA) is 81.6 Å². The molecule has 98 valence electrons. The predicted molar refractivity (Wildman–Crippen MR) is 64.7 cm³/mol. The summed E-state index contributed by atoms with van der Waals surface area (Å²) < 4.78 is 3.57. The van der Waals surface area contributed by atoms with Crippen LogP contribution >= 0.6 is 0 Å². The standard InChI is InChI=1S/C11H18N6O/c1-2-10(18)6-17-11(13-8-15-17)4-3-5-16-9-12-7-14-16/h7-10,18H,2-6H2,1H3. The third-order valence-electron chi connectivity index (χ3n) is 2.80. The number of aryl methyl sites for hydroxylation is 2.